The first-order valence-corrected chi connectivity index (χ1v) is 7.86. The molecule has 2 fully saturated rings. The fourth-order valence-electron chi connectivity index (χ4n) is 3.31. The van der Waals surface area contributed by atoms with Crippen molar-refractivity contribution in [3.05, 3.63) is 29.3 Å². The molecule has 2 saturated heterocycles. The Morgan fingerprint density at radius 1 is 1.48 bits per heavy atom. The van der Waals surface area contributed by atoms with E-state index in [9.17, 15) is 0 Å². The predicted molar refractivity (Wildman–Crippen MR) is 89.8 cm³/mol. The smallest absolute Gasteiger partial charge is 0.121 e. The van der Waals surface area contributed by atoms with Crippen molar-refractivity contribution in [1.82, 2.24) is 10.2 Å². The lowest BCUT2D eigenvalue weighted by Gasteiger charge is -2.29. The molecule has 0 spiro atoms. The minimum atomic E-state index is 0. The Bertz CT molecular complexity index is 463. The van der Waals surface area contributed by atoms with Crippen LogP contribution in [-0.2, 0) is 0 Å². The Balaban J connectivity index is 0.00000161. The van der Waals surface area contributed by atoms with Crippen LogP contribution >= 0.6 is 24.0 Å². The second-order valence-electron chi connectivity index (χ2n) is 6.46. The van der Waals surface area contributed by atoms with E-state index in [-0.39, 0.29) is 12.4 Å². The highest BCUT2D eigenvalue weighted by atomic mass is 35.5. The minimum Gasteiger partial charge on any atom is -0.489 e. The van der Waals surface area contributed by atoms with E-state index < -0.39 is 0 Å². The number of likely N-dealkylation sites (tertiary alicyclic amines) is 1. The second-order valence-corrected chi connectivity index (χ2v) is 6.89. The number of hydrogen-bond acceptors (Lipinski definition) is 3. The highest BCUT2D eigenvalue weighted by Gasteiger charge is 2.34. The summed E-state index contributed by atoms with van der Waals surface area (Å²) in [5.41, 5.74) is 0.435. The van der Waals surface area contributed by atoms with Crippen LogP contribution in [0.3, 0.4) is 0 Å². The zero-order chi connectivity index (χ0) is 14.0. The molecular formula is C16H24Cl2N2O. The molecule has 0 saturated carbocycles. The van der Waals surface area contributed by atoms with E-state index in [4.69, 9.17) is 16.3 Å². The van der Waals surface area contributed by atoms with E-state index in [1.54, 1.807) is 0 Å². The first kappa shape index (κ1) is 16.9. The summed E-state index contributed by atoms with van der Waals surface area (Å²) in [6.07, 6.45) is 2.69. The minimum absolute atomic E-state index is 0. The molecule has 0 bridgehead atoms. The molecule has 1 aromatic rings. The van der Waals surface area contributed by atoms with Crippen LogP contribution in [0, 0.1) is 5.41 Å². The molecule has 21 heavy (non-hydrogen) atoms. The third-order valence-corrected chi connectivity index (χ3v) is 4.63. The number of nitrogens with zero attached hydrogens (tertiary/aromatic N) is 1. The van der Waals surface area contributed by atoms with Crippen molar-refractivity contribution >= 4 is 24.0 Å². The Labute approximate surface area is 138 Å². The summed E-state index contributed by atoms with van der Waals surface area (Å²) in [5.74, 6) is 0.887. The van der Waals surface area contributed by atoms with Gasteiger partial charge in [-0.1, -0.05) is 24.6 Å². The van der Waals surface area contributed by atoms with Crippen LogP contribution in [0.1, 0.15) is 19.8 Å². The molecule has 2 aliphatic rings. The van der Waals surface area contributed by atoms with Gasteiger partial charge in [-0.25, -0.2) is 0 Å². The van der Waals surface area contributed by atoms with Gasteiger partial charge < -0.3 is 10.1 Å². The number of hydrogen-bond donors (Lipinski definition) is 1. The fraction of sp³-hybridized carbons (Fsp3) is 0.625. The molecule has 118 valence electrons. The monoisotopic (exact) mass is 330 g/mol. The van der Waals surface area contributed by atoms with Crippen LogP contribution in [0.4, 0.5) is 0 Å². The molecule has 1 N–H and O–H groups in total. The third-order valence-electron chi connectivity index (χ3n) is 4.39. The zero-order valence-electron chi connectivity index (χ0n) is 12.5. The summed E-state index contributed by atoms with van der Waals surface area (Å²) in [6, 6.07) is 7.70. The number of rotatable bonds is 4. The second kappa shape index (κ2) is 7.19. The number of ether oxygens (including phenoxy) is 1. The van der Waals surface area contributed by atoms with E-state index in [0.717, 1.165) is 43.4 Å². The maximum Gasteiger partial charge on any atom is 0.121 e. The van der Waals surface area contributed by atoms with Crippen molar-refractivity contribution in [3.8, 4) is 5.75 Å². The van der Waals surface area contributed by atoms with Crippen LogP contribution in [0.25, 0.3) is 0 Å². The lowest BCUT2D eigenvalue weighted by Crippen LogP contribution is -2.37. The molecule has 2 heterocycles. The Morgan fingerprint density at radius 2 is 2.33 bits per heavy atom. The highest BCUT2D eigenvalue weighted by molar-refractivity contribution is 6.30. The molecular weight excluding hydrogens is 307 g/mol. The molecule has 3 nitrogen and oxygen atoms in total. The molecule has 2 aliphatic heterocycles. The van der Waals surface area contributed by atoms with Gasteiger partial charge in [-0.15, -0.1) is 12.4 Å². The Morgan fingerprint density at radius 3 is 3.05 bits per heavy atom. The van der Waals surface area contributed by atoms with Gasteiger partial charge in [0.1, 0.15) is 11.9 Å². The van der Waals surface area contributed by atoms with Crippen LogP contribution < -0.4 is 10.1 Å². The molecule has 2 atom stereocenters. The highest BCUT2D eigenvalue weighted by Crippen LogP contribution is 2.28. The molecule has 3 rings (SSSR count). The molecule has 0 radical (unpaired) electrons. The van der Waals surface area contributed by atoms with Gasteiger partial charge in [-0.2, -0.15) is 0 Å². The maximum atomic E-state index is 6.04. The standard InChI is InChI=1S/C16H23ClN2O.ClH/c1-16(6-7-18-11-16)12-19-8-5-15(10-19)20-14-4-2-3-13(17)9-14;/h2-4,9,15,18H,5-8,10-12H2,1H3;1H. The SMILES string of the molecule is CC1(CN2CCC(Oc3cccc(Cl)c3)C2)CCNC1.Cl. The molecule has 1 aromatic carbocycles. The average molecular weight is 331 g/mol. The lowest BCUT2D eigenvalue weighted by molar-refractivity contribution is 0.169. The third kappa shape index (κ3) is 4.49. The molecule has 0 aromatic heterocycles. The van der Waals surface area contributed by atoms with Crippen molar-refractivity contribution in [2.24, 2.45) is 5.41 Å². The van der Waals surface area contributed by atoms with Gasteiger partial charge in [0.05, 0.1) is 0 Å². The van der Waals surface area contributed by atoms with Crippen molar-refractivity contribution < 1.29 is 4.74 Å². The van der Waals surface area contributed by atoms with Gasteiger partial charge in [-0.3, -0.25) is 4.90 Å². The summed E-state index contributed by atoms with van der Waals surface area (Å²) in [7, 11) is 0. The van der Waals surface area contributed by atoms with E-state index in [2.05, 4.69) is 17.1 Å². The quantitative estimate of drug-likeness (QED) is 0.917. The summed E-state index contributed by atoms with van der Waals surface area (Å²) < 4.78 is 6.04. The lowest BCUT2D eigenvalue weighted by atomic mass is 9.89. The van der Waals surface area contributed by atoms with Crippen LogP contribution in [0.2, 0.25) is 5.02 Å². The van der Waals surface area contributed by atoms with E-state index >= 15 is 0 Å². The summed E-state index contributed by atoms with van der Waals surface area (Å²) >= 11 is 5.99. The van der Waals surface area contributed by atoms with Crippen molar-refractivity contribution in [2.75, 3.05) is 32.7 Å². The van der Waals surface area contributed by atoms with Gasteiger partial charge in [0.25, 0.3) is 0 Å². The Hall–Kier alpha value is -0.480. The molecule has 2 unspecified atom stereocenters. The summed E-state index contributed by atoms with van der Waals surface area (Å²) in [5, 5.41) is 4.21. The first-order chi connectivity index (χ1) is 9.63. The van der Waals surface area contributed by atoms with Crippen LogP contribution in [-0.4, -0.2) is 43.7 Å². The maximum absolute atomic E-state index is 6.04. The van der Waals surface area contributed by atoms with Gasteiger partial charge in [0.2, 0.25) is 0 Å². The van der Waals surface area contributed by atoms with Crippen molar-refractivity contribution in [2.45, 2.75) is 25.9 Å². The van der Waals surface area contributed by atoms with Gasteiger partial charge in [0.15, 0.2) is 0 Å². The molecule has 0 aliphatic carbocycles. The average Bonchev–Trinajstić information content (AvgIpc) is 3.00. The number of halogens is 2. The Kier molecular flexibility index (Phi) is 5.78. The summed E-state index contributed by atoms with van der Waals surface area (Å²) in [6.45, 7) is 8.03. The zero-order valence-corrected chi connectivity index (χ0v) is 14.1. The number of nitrogens with one attached hydrogen (secondary N) is 1. The van der Waals surface area contributed by atoms with Crippen LogP contribution in [0.5, 0.6) is 5.75 Å². The molecule has 0 amide bonds. The first-order valence-electron chi connectivity index (χ1n) is 7.48. The predicted octanol–water partition coefficient (Wildman–Crippen LogP) is 3.21. The normalized spacial score (nSPS) is 29.3. The molecule has 5 heteroatoms. The van der Waals surface area contributed by atoms with E-state index in [0.29, 0.717) is 11.5 Å². The van der Waals surface area contributed by atoms with E-state index in [1.807, 2.05) is 24.3 Å². The van der Waals surface area contributed by atoms with Gasteiger partial charge >= 0.3 is 0 Å². The van der Waals surface area contributed by atoms with Gasteiger partial charge in [-0.05, 0) is 43.0 Å². The van der Waals surface area contributed by atoms with E-state index in [1.165, 1.54) is 13.0 Å². The van der Waals surface area contributed by atoms with Crippen molar-refractivity contribution in [3.63, 3.8) is 0 Å². The van der Waals surface area contributed by atoms with Crippen molar-refractivity contribution in [1.29, 1.82) is 0 Å². The van der Waals surface area contributed by atoms with Crippen LogP contribution in [0.15, 0.2) is 24.3 Å². The van der Waals surface area contributed by atoms with Gasteiger partial charge in [0, 0.05) is 31.2 Å². The number of benzene rings is 1. The largest absolute Gasteiger partial charge is 0.489 e. The topological polar surface area (TPSA) is 24.5 Å². The fourth-order valence-corrected chi connectivity index (χ4v) is 3.49. The summed E-state index contributed by atoms with van der Waals surface area (Å²) in [4.78, 5) is 2.54.